The van der Waals surface area contributed by atoms with Crippen molar-refractivity contribution in [1.82, 2.24) is 14.9 Å². The lowest BCUT2D eigenvalue weighted by molar-refractivity contribution is 0.177. The maximum absolute atomic E-state index is 12.6. The first-order chi connectivity index (χ1) is 12.2. The summed E-state index contributed by atoms with van der Waals surface area (Å²) in [5.74, 6) is 0.784. The molecule has 0 atom stereocenters. The van der Waals surface area contributed by atoms with Gasteiger partial charge in [0.15, 0.2) is 0 Å². The second-order valence-corrected chi connectivity index (χ2v) is 7.70. The van der Waals surface area contributed by atoms with Crippen molar-refractivity contribution in [2.75, 3.05) is 29.9 Å². The van der Waals surface area contributed by atoms with Crippen LogP contribution in [0.4, 0.5) is 16.4 Å². The van der Waals surface area contributed by atoms with Gasteiger partial charge in [0.25, 0.3) is 0 Å². The number of carbonyl (C=O) groups is 1. The van der Waals surface area contributed by atoms with Crippen LogP contribution in [0.2, 0.25) is 0 Å². The Morgan fingerprint density at radius 1 is 1.08 bits per heavy atom. The average molecular weight is 449 g/mol. The van der Waals surface area contributed by atoms with Gasteiger partial charge in [0.2, 0.25) is 5.95 Å². The van der Waals surface area contributed by atoms with Gasteiger partial charge in [0.1, 0.15) is 0 Å². The normalized spacial score (nSPS) is 18.5. The number of carbonyl (C=O) groups excluding carboxylic acids is 1. The fourth-order valence-electron chi connectivity index (χ4n) is 3.58. The number of rotatable bonds is 2. The lowest BCUT2D eigenvalue weighted by Gasteiger charge is -2.37. The van der Waals surface area contributed by atoms with Gasteiger partial charge in [-0.1, -0.05) is 18.2 Å². The van der Waals surface area contributed by atoms with Crippen LogP contribution in [0.25, 0.3) is 0 Å². The number of amides is 2. The molecule has 25 heavy (non-hydrogen) atoms. The predicted octanol–water partition coefficient (Wildman–Crippen LogP) is 3.14. The van der Waals surface area contributed by atoms with Crippen LogP contribution in [0.1, 0.15) is 18.4 Å². The summed E-state index contributed by atoms with van der Waals surface area (Å²) in [6.45, 7) is 2.53. The zero-order chi connectivity index (χ0) is 17.2. The third-order valence-corrected chi connectivity index (χ3v) is 5.49. The number of fused-ring (bicyclic) bond motifs is 1. The van der Waals surface area contributed by atoms with Gasteiger partial charge < -0.3 is 15.1 Å². The number of hydrogen-bond acceptors (Lipinski definition) is 4. The van der Waals surface area contributed by atoms with Crippen LogP contribution < -0.4 is 10.2 Å². The molecule has 0 radical (unpaired) electrons. The molecule has 0 unspecified atom stereocenters. The Balaban J connectivity index is 1.41. The second kappa shape index (κ2) is 7.15. The SMILES string of the molecule is O=C1Nc2ccccc2CCN1C1CCN(c2ncc(I)cn2)CC1. The van der Waals surface area contributed by atoms with Crippen molar-refractivity contribution in [3.63, 3.8) is 0 Å². The van der Waals surface area contributed by atoms with Gasteiger partial charge in [0.05, 0.1) is 0 Å². The fraction of sp³-hybridized carbons (Fsp3) is 0.389. The van der Waals surface area contributed by atoms with Gasteiger partial charge in [-0.15, -0.1) is 0 Å². The Bertz CT molecular complexity index is 758. The topological polar surface area (TPSA) is 61.4 Å². The van der Waals surface area contributed by atoms with Gasteiger partial charge in [0, 0.05) is 47.3 Å². The van der Waals surface area contributed by atoms with E-state index < -0.39 is 0 Å². The summed E-state index contributed by atoms with van der Waals surface area (Å²) in [4.78, 5) is 25.7. The van der Waals surface area contributed by atoms with E-state index >= 15 is 0 Å². The fourth-order valence-corrected chi connectivity index (χ4v) is 3.86. The summed E-state index contributed by atoms with van der Waals surface area (Å²) >= 11 is 2.21. The molecule has 7 heteroatoms. The summed E-state index contributed by atoms with van der Waals surface area (Å²) in [5, 5.41) is 3.07. The van der Waals surface area contributed by atoms with E-state index in [1.165, 1.54) is 5.56 Å². The van der Waals surface area contributed by atoms with Gasteiger partial charge in [-0.25, -0.2) is 14.8 Å². The lowest BCUT2D eigenvalue weighted by atomic mass is 10.0. The summed E-state index contributed by atoms with van der Waals surface area (Å²) in [5.41, 5.74) is 2.16. The van der Waals surface area contributed by atoms with Crippen molar-refractivity contribution in [2.45, 2.75) is 25.3 Å². The molecule has 0 bridgehead atoms. The monoisotopic (exact) mass is 449 g/mol. The number of para-hydroxylation sites is 1. The van der Waals surface area contributed by atoms with Crippen LogP contribution in [-0.2, 0) is 6.42 Å². The molecular weight excluding hydrogens is 429 g/mol. The highest BCUT2D eigenvalue weighted by Crippen LogP contribution is 2.25. The molecule has 6 nitrogen and oxygen atoms in total. The smallest absolute Gasteiger partial charge is 0.322 e. The minimum absolute atomic E-state index is 0.0221. The molecule has 2 aromatic rings. The molecular formula is C18H20IN5O. The minimum Gasteiger partial charge on any atom is -0.341 e. The van der Waals surface area contributed by atoms with E-state index in [1.54, 1.807) is 0 Å². The zero-order valence-electron chi connectivity index (χ0n) is 13.9. The number of urea groups is 1. The molecule has 0 saturated carbocycles. The Morgan fingerprint density at radius 3 is 2.56 bits per heavy atom. The minimum atomic E-state index is 0.0221. The summed E-state index contributed by atoms with van der Waals surface area (Å²) < 4.78 is 1.04. The van der Waals surface area contributed by atoms with E-state index in [2.05, 4.69) is 48.8 Å². The highest BCUT2D eigenvalue weighted by atomic mass is 127. The summed E-state index contributed by atoms with van der Waals surface area (Å²) in [6.07, 6.45) is 6.47. The molecule has 1 N–H and O–H groups in total. The number of nitrogens with zero attached hydrogens (tertiary/aromatic N) is 4. The number of nitrogens with one attached hydrogen (secondary N) is 1. The van der Waals surface area contributed by atoms with Gasteiger partial charge >= 0.3 is 6.03 Å². The second-order valence-electron chi connectivity index (χ2n) is 6.45. The van der Waals surface area contributed by atoms with Gasteiger partial charge in [-0.2, -0.15) is 0 Å². The maximum Gasteiger partial charge on any atom is 0.322 e. The molecule has 130 valence electrons. The van der Waals surface area contributed by atoms with Gasteiger partial charge in [-0.05, 0) is 53.5 Å². The standard InChI is InChI=1S/C18H20IN5O/c19-14-11-20-17(21-12-14)23-8-6-15(7-9-23)24-10-5-13-3-1-2-4-16(13)22-18(24)25/h1-4,11-12,15H,5-10H2,(H,22,25). The van der Waals surface area contributed by atoms with Crippen LogP contribution in [-0.4, -0.2) is 46.6 Å². The maximum atomic E-state index is 12.6. The van der Waals surface area contributed by atoms with Crippen molar-refractivity contribution in [2.24, 2.45) is 0 Å². The van der Waals surface area contributed by atoms with Crippen LogP contribution in [0.5, 0.6) is 0 Å². The van der Waals surface area contributed by atoms with E-state index in [9.17, 15) is 4.79 Å². The number of anilines is 2. The van der Waals surface area contributed by atoms with Crippen molar-refractivity contribution in [3.05, 3.63) is 45.8 Å². The van der Waals surface area contributed by atoms with Crippen LogP contribution in [0.3, 0.4) is 0 Å². The first-order valence-electron chi connectivity index (χ1n) is 8.59. The van der Waals surface area contributed by atoms with Crippen LogP contribution in [0.15, 0.2) is 36.7 Å². The third kappa shape index (κ3) is 3.56. The molecule has 2 aliphatic rings. The zero-order valence-corrected chi connectivity index (χ0v) is 16.0. The number of halogens is 1. The number of aromatic nitrogens is 2. The largest absolute Gasteiger partial charge is 0.341 e. The van der Waals surface area contributed by atoms with E-state index in [4.69, 9.17) is 0 Å². The summed E-state index contributed by atoms with van der Waals surface area (Å²) in [7, 11) is 0. The molecule has 3 heterocycles. The molecule has 1 aromatic heterocycles. The Kier molecular flexibility index (Phi) is 4.74. The van der Waals surface area contributed by atoms with Gasteiger partial charge in [-0.3, -0.25) is 0 Å². The first-order valence-corrected chi connectivity index (χ1v) is 9.66. The highest BCUT2D eigenvalue weighted by Gasteiger charge is 2.30. The number of benzene rings is 1. The van der Waals surface area contributed by atoms with E-state index in [-0.39, 0.29) is 12.1 Å². The Morgan fingerprint density at radius 2 is 1.80 bits per heavy atom. The molecule has 0 spiro atoms. The number of piperidine rings is 1. The quantitative estimate of drug-likeness (QED) is 0.716. The van der Waals surface area contributed by atoms with Crippen molar-refractivity contribution >= 4 is 40.3 Å². The molecule has 2 amide bonds. The molecule has 4 rings (SSSR count). The molecule has 1 saturated heterocycles. The van der Waals surface area contributed by atoms with E-state index in [0.717, 1.165) is 54.1 Å². The van der Waals surface area contributed by atoms with Crippen molar-refractivity contribution in [3.8, 4) is 0 Å². The van der Waals surface area contributed by atoms with Crippen LogP contribution in [0, 0.1) is 3.57 Å². The third-order valence-electron chi connectivity index (χ3n) is 4.94. The Labute approximate surface area is 160 Å². The Hall–Kier alpha value is -1.90. The predicted molar refractivity (Wildman–Crippen MR) is 106 cm³/mol. The van der Waals surface area contributed by atoms with E-state index in [1.807, 2.05) is 35.5 Å². The number of hydrogen-bond donors (Lipinski definition) is 1. The average Bonchev–Trinajstić information content (AvgIpc) is 2.81. The molecule has 1 fully saturated rings. The molecule has 2 aliphatic heterocycles. The summed E-state index contributed by atoms with van der Waals surface area (Å²) in [6, 6.07) is 8.36. The van der Waals surface area contributed by atoms with Crippen molar-refractivity contribution in [1.29, 1.82) is 0 Å². The van der Waals surface area contributed by atoms with Crippen LogP contribution >= 0.6 is 22.6 Å². The van der Waals surface area contributed by atoms with E-state index in [0.29, 0.717) is 0 Å². The molecule has 0 aliphatic carbocycles. The highest BCUT2D eigenvalue weighted by molar-refractivity contribution is 14.1. The lowest BCUT2D eigenvalue weighted by Crippen LogP contribution is -2.49. The first kappa shape index (κ1) is 16.6. The van der Waals surface area contributed by atoms with Crippen molar-refractivity contribution < 1.29 is 4.79 Å². The molecule has 1 aromatic carbocycles.